The zero-order valence-electron chi connectivity index (χ0n) is 12.4. The van der Waals surface area contributed by atoms with Crippen molar-refractivity contribution in [2.24, 2.45) is 0 Å². The molecule has 0 aromatic heterocycles. The highest BCUT2D eigenvalue weighted by Crippen LogP contribution is 2.20. The largest absolute Gasteiger partial charge is 0.480 e. The Labute approximate surface area is 132 Å². The van der Waals surface area contributed by atoms with Gasteiger partial charge in [0.2, 0.25) is 15.9 Å². The number of aliphatic carboxylic acids is 1. The van der Waals surface area contributed by atoms with Gasteiger partial charge in [-0.25, -0.2) is 8.42 Å². The summed E-state index contributed by atoms with van der Waals surface area (Å²) in [6.07, 6.45) is 0. The molecule has 0 aliphatic heterocycles. The van der Waals surface area contributed by atoms with Crippen molar-refractivity contribution in [3.8, 4) is 0 Å². The number of nitro benzene ring substituents is 1. The lowest BCUT2D eigenvalue weighted by atomic mass is 10.3. The fraction of sp³-hybridized carbons (Fsp3) is 0.333. The molecule has 0 saturated heterocycles. The molecule has 10 nitrogen and oxygen atoms in total. The van der Waals surface area contributed by atoms with E-state index in [1.54, 1.807) is 0 Å². The maximum Gasteiger partial charge on any atom is 0.323 e. The van der Waals surface area contributed by atoms with Crippen LogP contribution in [0.2, 0.25) is 0 Å². The molecule has 1 N–H and O–H groups in total. The minimum atomic E-state index is -4.12. The molecule has 126 valence electrons. The molecular weight excluding hydrogens is 330 g/mol. The van der Waals surface area contributed by atoms with E-state index in [-0.39, 0.29) is 4.90 Å². The molecule has 0 aliphatic carbocycles. The number of benzene rings is 1. The summed E-state index contributed by atoms with van der Waals surface area (Å²) in [5.41, 5.74) is -0.395. The third kappa shape index (κ3) is 4.72. The van der Waals surface area contributed by atoms with Crippen LogP contribution in [0.1, 0.15) is 0 Å². The Kier molecular flexibility index (Phi) is 5.76. The summed E-state index contributed by atoms with van der Waals surface area (Å²) in [5, 5.41) is 19.3. The third-order valence-corrected chi connectivity index (χ3v) is 4.69. The van der Waals surface area contributed by atoms with E-state index in [0.717, 1.165) is 24.1 Å². The Morgan fingerprint density at radius 2 is 1.87 bits per heavy atom. The molecule has 0 atom stereocenters. The predicted molar refractivity (Wildman–Crippen MR) is 78.2 cm³/mol. The Hall–Kier alpha value is -2.53. The summed E-state index contributed by atoms with van der Waals surface area (Å²) in [5.74, 6) is -1.95. The van der Waals surface area contributed by atoms with E-state index in [0.29, 0.717) is 4.31 Å². The number of hydrogen-bond donors (Lipinski definition) is 1. The van der Waals surface area contributed by atoms with Crippen LogP contribution in [-0.2, 0) is 19.6 Å². The van der Waals surface area contributed by atoms with Crippen molar-refractivity contribution in [3.63, 3.8) is 0 Å². The molecule has 1 aromatic rings. The van der Waals surface area contributed by atoms with Gasteiger partial charge in [-0.2, -0.15) is 4.31 Å². The third-order valence-electron chi connectivity index (χ3n) is 2.89. The summed E-state index contributed by atoms with van der Waals surface area (Å²) in [6.45, 7) is -1.15. The fourth-order valence-corrected chi connectivity index (χ4v) is 2.79. The first-order valence-corrected chi connectivity index (χ1v) is 7.66. The van der Waals surface area contributed by atoms with Crippen LogP contribution in [0, 0.1) is 10.1 Å². The Bertz CT molecular complexity index is 732. The Morgan fingerprint density at radius 1 is 1.26 bits per heavy atom. The molecule has 1 amide bonds. The summed E-state index contributed by atoms with van der Waals surface area (Å²) in [4.78, 5) is 32.8. The summed E-state index contributed by atoms with van der Waals surface area (Å²) in [7, 11) is -1.77. The van der Waals surface area contributed by atoms with Crippen LogP contribution in [0.15, 0.2) is 29.2 Å². The van der Waals surface area contributed by atoms with Crippen molar-refractivity contribution in [3.05, 3.63) is 34.4 Å². The van der Waals surface area contributed by atoms with Crippen LogP contribution in [0.3, 0.4) is 0 Å². The van der Waals surface area contributed by atoms with Crippen molar-refractivity contribution in [2.45, 2.75) is 4.90 Å². The second-order valence-electron chi connectivity index (χ2n) is 4.66. The van der Waals surface area contributed by atoms with Crippen molar-refractivity contribution in [2.75, 3.05) is 27.2 Å². The van der Waals surface area contributed by atoms with Gasteiger partial charge in [-0.3, -0.25) is 19.7 Å². The first-order valence-electron chi connectivity index (χ1n) is 6.22. The number of nitro groups is 1. The molecule has 11 heteroatoms. The average molecular weight is 345 g/mol. The maximum atomic E-state index is 12.3. The molecule has 0 fully saturated rings. The molecule has 1 aromatic carbocycles. The van der Waals surface area contributed by atoms with E-state index < -0.39 is 45.6 Å². The van der Waals surface area contributed by atoms with Gasteiger partial charge in [0.25, 0.3) is 5.69 Å². The van der Waals surface area contributed by atoms with Gasteiger partial charge in [0.1, 0.15) is 6.54 Å². The molecular formula is C12H15N3O7S. The van der Waals surface area contributed by atoms with E-state index in [4.69, 9.17) is 5.11 Å². The molecule has 1 rings (SSSR count). The number of carboxylic acid groups (broad SMARTS) is 1. The highest BCUT2D eigenvalue weighted by atomic mass is 32.2. The monoisotopic (exact) mass is 345 g/mol. The van der Waals surface area contributed by atoms with E-state index >= 15 is 0 Å². The van der Waals surface area contributed by atoms with Crippen LogP contribution in [0.25, 0.3) is 0 Å². The van der Waals surface area contributed by atoms with Crippen LogP contribution in [-0.4, -0.2) is 66.7 Å². The molecule has 0 spiro atoms. The van der Waals surface area contributed by atoms with Gasteiger partial charge in [-0.05, 0) is 6.07 Å². The molecule has 0 aliphatic rings. The maximum absolute atomic E-state index is 12.3. The van der Waals surface area contributed by atoms with Crippen LogP contribution in [0.5, 0.6) is 0 Å². The zero-order chi connectivity index (χ0) is 17.8. The van der Waals surface area contributed by atoms with Crippen molar-refractivity contribution in [1.82, 2.24) is 9.21 Å². The number of carbonyl (C=O) groups excluding carboxylic acids is 1. The standard InChI is InChI=1S/C12H15N3O7S/c1-13(8-12(17)18)11(16)7-14(2)23(21,22)10-5-3-4-9(6-10)15(19)20/h3-6H,7-8H2,1-2H3,(H,17,18). The number of carbonyl (C=O) groups is 2. The molecule has 0 heterocycles. The number of hydrogen-bond acceptors (Lipinski definition) is 6. The second kappa shape index (κ2) is 7.15. The lowest BCUT2D eigenvalue weighted by molar-refractivity contribution is -0.385. The number of rotatable bonds is 7. The summed E-state index contributed by atoms with van der Waals surface area (Å²) < 4.78 is 25.3. The van der Waals surface area contributed by atoms with Crippen molar-refractivity contribution in [1.29, 1.82) is 0 Å². The Balaban J connectivity index is 2.95. The van der Waals surface area contributed by atoms with Gasteiger partial charge in [0.05, 0.1) is 16.4 Å². The van der Waals surface area contributed by atoms with Crippen molar-refractivity contribution >= 4 is 27.6 Å². The van der Waals surface area contributed by atoms with E-state index in [1.807, 2.05) is 0 Å². The highest BCUT2D eigenvalue weighted by Gasteiger charge is 2.26. The minimum absolute atomic E-state index is 0.331. The van der Waals surface area contributed by atoms with Crippen LogP contribution < -0.4 is 0 Å². The quantitative estimate of drug-likeness (QED) is 0.531. The smallest absolute Gasteiger partial charge is 0.323 e. The first-order chi connectivity index (χ1) is 10.6. The van der Waals surface area contributed by atoms with Gasteiger partial charge in [0.15, 0.2) is 0 Å². The minimum Gasteiger partial charge on any atom is -0.480 e. The molecule has 0 unspecified atom stereocenters. The second-order valence-corrected chi connectivity index (χ2v) is 6.70. The molecule has 0 bridgehead atoms. The van der Waals surface area contributed by atoms with Gasteiger partial charge in [-0.1, -0.05) is 6.07 Å². The number of likely N-dealkylation sites (N-methyl/N-ethyl adjacent to an activating group) is 2. The topological polar surface area (TPSA) is 138 Å². The lowest BCUT2D eigenvalue weighted by Gasteiger charge is -2.20. The predicted octanol–water partition coefficient (Wildman–Crippen LogP) is -0.242. The van der Waals surface area contributed by atoms with Crippen molar-refractivity contribution < 1.29 is 28.0 Å². The number of non-ortho nitro benzene ring substituents is 1. The Morgan fingerprint density at radius 3 is 2.39 bits per heavy atom. The molecule has 0 saturated carbocycles. The normalized spacial score (nSPS) is 11.3. The van der Waals surface area contributed by atoms with E-state index in [9.17, 15) is 28.1 Å². The molecule has 0 radical (unpaired) electrons. The van der Waals surface area contributed by atoms with Gasteiger partial charge in [0, 0.05) is 26.2 Å². The number of nitrogens with zero attached hydrogens (tertiary/aromatic N) is 3. The highest BCUT2D eigenvalue weighted by molar-refractivity contribution is 7.89. The van der Waals surface area contributed by atoms with Gasteiger partial charge in [-0.15, -0.1) is 0 Å². The summed E-state index contributed by atoms with van der Waals surface area (Å²) >= 11 is 0. The van der Waals surface area contributed by atoms with Crippen LogP contribution >= 0.6 is 0 Å². The van der Waals surface area contributed by atoms with Gasteiger partial charge >= 0.3 is 5.97 Å². The number of amides is 1. The number of carboxylic acids is 1. The van der Waals surface area contributed by atoms with E-state index in [1.165, 1.54) is 19.2 Å². The SMILES string of the molecule is CN(CC(=O)O)C(=O)CN(C)S(=O)(=O)c1cccc([N+](=O)[O-])c1. The first kappa shape index (κ1) is 18.5. The fourth-order valence-electron chi connectivity index (χ4n) is 1.62. The lowest BCUT2D eigenvalue weighted by Crippen LogP contribution is -2.41. The van der Waals surface area contributed by atoms with Gasteiger partial charge < -0.3 is 10.0 Å². The summed E-state index contributed by atoms with van der Waals surface area (Å²) in [6, 6.07) is 4.42. The van der Waals surface area contributed by atoms with Crippen LogP contribution in [0.4, 0.5) is 5.69 Å². The molecule has 23 heavy (non-hydrogen) atoms. The zero-order valence-corrected chi connectivity index (χ0v) is 13.2. The van der Waals surface area contributed by atoms with E-state index in [2.05, 4.69) is 0 Å². The average Bonchev–Trinajstić information content (AvgIpc) is 2.46. The number of sulfonamides is 1.